The lowest BCUT2D eigenvalue weighted by Crippen LogP contribution is -2.29. The number of aliphatic hydroxyl groups excluding tert-OH is 1. The van der Waals surface area contributed by atoms with E-state index < -0.39 is 9.85 Å². The highest BCUT2D eigenvalue weighted by molar-refractivity contribution is 6.28. The van der Waals surface area contributed by atoms with Crippen molar-refractivity contribution >= 4 is 28.9 Å². The molecule has 2 N–H and O–H groups in total. The summed E-state index contributed by atoms with van der Waals surface area (Å²) in [4.78, 5) is 43.0. The van der Waals surface area contributed by atoms with E-state index in [-0.39, 0.29) is 47.5 Å². The number of hydrogen-bond donors (Lipinski definition) is 2. The van der Waals surface area contributed by atoms with Gasteiger partial charge in [-0.3, -0.25) is 29.8 Å². The number of phenolic OH excluding ortho intramolecular Hbond substituents is 1. The fourth-order valence-corrected chi connectivity index (χ4v) is 2.42. The average Bonchev–Trinajstić information content (AvgIpc) is 3.01. The number of carbonyl (C=O) groups is 2. The molecule has 0 radical (unpaired) electrons. The van der Waals surface area contributed by atoms with Gasteiger partial charge in [0.05, 0.1) is 21.6 Å². The second kappa shape index (κ2) is 9.19. The van der Waals surface area contributed by atoms with Crippen LogP contribution in [0.3, 0.4) is 0 Å². The van der Waals surface area contributed by atoms with Crippen LogP contribution in [0.15, 0.2) is 54.6 Å². The third kappa shape index (κ3) is 5.20. The number of benzene rings is 2. The van der Waals surface area contributed by atoms with Gasteiger partial charge in [-0.1, -0.05) is 0 Å². The normalized spacial score (nSPS) is 12.5. The van der Waals surface area contributed by atoms with E-state index in [0.717, 1.165) is 11.0 Å². The van der Waals surface area contributed by atoms with Crippen LogP contribution < -0.4 is 4.90 Å². The van der Waals surface area contributed by atoms with Crippen molar-refractivity contribution in [1.82, 2.24) is 0 Å². The molecule has 0 atom stereocenters. The summed E-state index contributed by atoms with van der Waals surface area (Å²) in [6.07, 6.45) is 2.54. The average molecular weight is 401 g/mol. The lowest BCUT2D eigenvalue weighted by Gasteiger charge is -2.13. The summed E-state index contributed by atoms with van der Waals surface area (Å²) in [6, 6.07) is 9.23. The van der Waals surface area contributed by atoms with Crippen LogP contribution in [0.25, 0.3) is 0 Å². The number of anilines is 1. The second-order valence-electron chi connectivity index (χ2n) is 5.66. The number of nitro groups is 2. The minimum atomic E-state index is -0.699. The van der Waals surface area contributed by atoms with Crippen molar-refractivity contribution in [3.05, 3.63) is 80.4 Å². The minimum Gasteiger partial charge on any atom is -0.508 e. The number of imide groups is 1. The van der Waals surface area contributed by atoms with Gasteiger partial charge in [0.2, 0.25) is 0 Å². The Morgan fingerprint density at radius 3 is 1.97 bits per heavy atom. The predicted octanol–water partition coefficient (Wildman–Crippen LogP) is 1.86. The van der Waals surface area contributed by atoms with Crippen LogP contribution in [0, 0.1) is 20.2 Å². The standard InChI is InChI=1S/C10H7NO3.C8H8N2O5/c12-8-3-1-7(2-4-8)11-9(13)5-6-10(11)14;11-4-3-6-1-2-7(9(12)13)5-8(6)10(14)15/h1-6,12H;1-2,5,11H,3-4H2. The third-order valence-electron chi connectivity index (χ3n) is 3.77. The van der Waals surface area contributed by atoms with Crippen molar-refractivity contribution in [2.45, 2.75) is 6.42 Å². The molecule has 2 aromatic carbocycles. The Morgan fingerprint density at radius 2 is 1.48 bits per heavy atom. The number of amides is 2. The third-order valence-corrected chi connectivity index (χ3v) is 3.77. The smallest absolute Gasteiger partial charge is 0.279 e. The quantitative estimate of drug-likeness (QED) is 0.435. The molecule has 0 fully saturated rings. The van der Waals surface area contributed by atoms with Gasteiger partial charge in [-0.2, -0.15) is 0 Å². The Balaban J connectivity index is 0.000000207. The van der Waals surface area contributed by atoms with Crippen LogP contribution in [0.2, 0.25) is 0 Å². The molecule has 29 heavy (non-hydrogen) atoms. The molecule has 1 aliphatic heterocycles. The Hall–Kier alpha value is -4.12. The van der Waals surface area contributed by atoms with Gasteiger partial charge < -0.3 is 10.2 Å². The van der Waals surface area contributed by atoms with Crippen molar-refractivity contribution in [2.75, 3.05) is 11.5 Å². The van der Waals surface area contributed by atoms with Crippen molar-refractivity contribution in [1.29, 1.82) is 0 Å². The fraction of sp³-hybridized carbons (Fsp3) is 0.111. The maximum Gasteiger partial charge on any atom is 0.279 e. The van der Waals surface area contributed by atoms with Crippen LogP contribution in [0.1, 0.15) is 5.56 Å². The lowest BCUT2D eigenvalue weighted by atomic mass is 10.1. The summed E-state index contributed by atoms with van der Waals surface area (Å²) in [5.41, 5.74) is 0.0811. The van der Waals surface area contributed by atoms with E-state index in [2.05, 4.69) is 0 Å². The molecular weight excluding hydrogens is 386 g/mol. The van der Waals surface area contributed by atoms with Gasteiger partial charge in [-0.15, -0.1) is 0 Å². The van der Waals surface area contributed by atoms with Gasteiger partial charge in [-0.25, -0.2) is 4.90 Å². The number of aliphatic hydroxyl groups is 1. The molecule has 0 unspecified atom stereocenters. The highest BCUT2D eigenvalue weighted by Gasteiger charge is 2.24. The predicted molar refractivity (Wildman–Crippen MR) is 100 cm³/mol. The first-order valence-corrected chi connectivity index (χ1v) is 8.12. The highest BCUT2D eigenvalue weighted by Crippen LogP contribution is 2.24. The van der Waals surface area contributed by atoms with Gasteiger partial charge in [0.15, 0.2) is 0 Å². The van der Waals surface area contributed by atoms with Crippen LogP contribution in [-0.2, 0) is 16.0 Å². The first kappa shape index (κ1) is 21.2. The fourth-order valence-electron chi connectivity index (χ4n) is 2.42. The molecule has 0 spiro atoms. The molecule has 0 aromatic heterocycles. The number of phenols is 1. The maximum atomic E-state index is 11.2. The Bertz CT molecular complexity index is 967. The monoisotopic (exact) mass is 401 g/mol. The molecule has 0 saturated carbocycles. The number of carbonyl (C=O) groups excluding carboxylic acids is 2. The SMILES string of the molecule is O=C1C=CC(=O)N1c1ccc(O)cc1.O=[N+]([O-])c1ccc(CCO)c([N+](=O)[O-])c1. The Morgan fingerprint density at radius 1 is 0.897 bits per heavy atom. The van der Waals surface area contributed by atoms with E-state index in [0.29, 0.717) is 5.69 Å². The zero-order valence-electron chi connectivity index (χ0n) is 14.8. The van der Waals surface area contributed by atoms with Gasteiger partial charge in [-0.05, 0) is 30.3 Å². The number of nitrogens with zero attached hydrogens (tertiary/aromatic N) is 3. The first-order valence-electron chi connectivity index (χ1n) is 8.12. The van der Waals surface area contributed by atoms with E-state index in [1.54, 1.807) is 0 Å². The van der Waals surface area contributed by atoms with Crippen LogP contribution in [0.5, 0.6) is 5.75 Å². The maximum absolute atomic E-state index is 11.2. The zero-order valence-corrected chi connectivity index (χ0v) is 14.8. The molecule has 3 rings (SSSR count). The topological polar surface area (TPSA) is 164 Å². The number of hydrogen-bond acceptors (Lipinski definition) is 8. The molecule has 2 aromatic rings. The van der Waals surface area contributed by atoms with Gasteiger partial charge >= 0.3 is 0 Å². The summed E-state index contributed by atoms with van der Waals surface area (Å²) >= 11 is 0. The van der Waals surface area contributed by atoms with Gasteiger partial charge in [0.1, 0.15) is 5.75 Å². The molecule has 2 amide bonds. The summed E-state index contributed by atoms with van der Waals surface area (Å²) < 4.78 is 0. The minimum absolute atomic E-state index is 0.0980. The molecule has 1 heterocycles. The van der Waals surface area contributed by atoms with Crippen LogP contribution in [-0.4, -0.2) is 38.5 Å². The Labute approximate surface area is 163 Å². The molecule has 150 valence electrons. The molecule has 11 nitrogen and oxygen atoms in total. The van der Waals surface area contributed by atoms with E-state index in [9.17, 15) is 29.8 Å². The van der Waals surface area contributed by atoms with Gasteiger partial charge in [0.25, 0.3) is 23.2 Å². The molecule has 0 aliphatic carbocycles. The molecule has 1 aliphatic rings. The summed E-state index contributed by atoms with van der Waals surface area (Å²) in [5, 5.41) is 38.6. The highest BCUT2D eigenvalue weighted by atomic mass is 16.6. The second-order valence-corrected chi connectivity index (χ2v) is 5.66. The van der Waals surface area contributed by atoms with E-state index in [4.69, 9.17) is 10.2 Å². The van der Waals surface area contributed by atoms with E-state index in [1.807, 2.05) is 0 Å². The summed E-state index contributed by atoms with van der Waals surface area (Å²) in [7, 11) is 0. The van der Waals surface area contributed by atoms with Crippen LogP contribution in [0.4, 0.5) is 17.1 Å². The van der Waals surface area contributed by atoms with Crippen molar-refractivity contribution in [3.8, 4) is 5.75 Å². The number of rotatable bonds is 5. The molecule has 0 saturated heterocycles. The Kier molecular flexibility index (Phi) is 6.71. The number of aromatic hydroxyl groups is 1. The number of non-ortho nitro benzene ring substituents is 1. The van der Waals surface area contributed by atoms with E-state index >= 15 is 0 Å². The first-order chi connectivity index (χ1) is 13.7. The molecular formula is C18H15N3O8. The molecule has 11 heteroatoms. The summed E-state index contributed by atoms with van der Waals surface area (Å²) in [6.45, 7) is -0.237. The zero-order chi connectivity index (χ0) is 21.6. The van der Waals surface area contributed by atoms with Gasteiger partial charge in [0, 0.05) is 36.8 Å². The van der Waals surface area contributed by atoms with E-state index in [1.165, 1.54) is 48.6 Å². The van der Waals surface area contributed by atoms with Crippen molar-refractivity contribution in [2.24, 2.45) is 0 Å². The largest absolute Gasteiger partial charge is 0.508 e. The summed E-state index contributed by atoms with van der Waals surface area (Å²) in [5.74, 6) is -0.623. The number of nitro benzene ring substituents is 2. The van der Waals surface area contributed by atoms with Crippen LogP contribution >= 0.6 is 0 Å². The van der Waals surface area contributed by atoms with Crippen molar-refractivity contribution in [3.63, 3.8) is 0 Å². The lowest BCUT2D eigenvalue weighted by molar-refractivity contribution is -0.394. The van der Waals surface area contributed by atoms with Crippen molar-refractivity contribution < 1.29 is 29.6 Å². The molecule has 0 bridgehead atoms.